The number of rotatable bonds is 4. The molecule has 1 aliphatic heterocycles. The molecule has 2 atom stereocenters. The average molecular weight is 291 g/mol. The van der Waals surface area contributed by atoms with Crippen LogP contribution in [-0.2, 0) is 9.53 Å². The number of hydrogen-bond donors (Lipinski definition) is 0. The number of hydrogen-bond acceptors (Lipinski definition) is 4. The van der Waals surface area contributed by atoms with Crippen molar-refractivity contribution in [2.45, 2.75) is 37.2 Å². The number of nitrogens with zero attached hydrogens (tertiary/aromatic N) is 1. The van der Waals surface area contributed by atoms with Crippen LogP contribution in [0, 0.1) is 0 Å². The first kappa shape index (κ1) is 15.1. The molecule has 4 heteroatoms. The molecule has 2 rings (SSSR count). The van der Waals surface area contributed by atoms with Gasteiger partial charge in [0, 0.05) is 17.4 Å². The Labute approximate surface area is 125 Å². The summed E-state index contributed by atoms with van der Waals surface area (Å²) in [5.74, 6) is -0.124. The zero-order chi connectivity index (χ0) is 14.5. The van der Waals surface area contributed by atoms with E-state index in [4.69, 9.17) is 4.74 Å². The molecule has 20 heavy (non-hydrogen) atoms. The Hall–Kier alpha value is -1.26. The molecular weight excluding hydrogens is 270 g/mol. The van der Waals surface area contributed by atoms with E-state index in [-0.39, 0.29) is 18.1 Å². The minimum absolute atomic E-state index is 0.124. The van der Waals surface area contributed by atoms with Crippen LogP contribution in [0.2, 0.25) is 0 Å². The molecule has 0 bridgehead atoms. The van der Waals surface area contributed by atoms with E-state index < -0.39 is 0 Å². The van der Waals surface area contributed by atoms with Crippen LogP contribution in [-0.4, -0.2) is 36.6 Å². The maximum absolute atomic E-state index is 12.1. The second kappa shape index (κ2) is 6.95. The van der Waals surface area contributed by atoms with Gasteiger partial charge in [0.1, 0.15) is 6.04 Å². The van der Waals surface area contributed by atoms with Crippen molar-refractivity contribution in [2.75, 3.05) is 13.7 Å². The van der Waals surface area contributed by atoms with Gasteiger partial charge >= 0.3 is 5.97 Å². The van der Waals surface area contributed by atoms with Gasteiger partial charge in [-0.05, 0) is 37.9 Å². The molecule has 0 N–H and O–H groups in total. The summed E-state index contributed by atoms with van der Waals surface area (Å²) in [4.78, 5) is 16.6. The minimum atomic E-state index is -0.179. The van der Waals surface area contributed by atoms with E-state index in [9.17, 15) is 4.79 Å². The van der Waals surface area contributed by atoms with Crippen LogP contribution in [0.25, 0.3) is 0 Å². The van der Waals surface area contributed by atoms with E-state index >= 15 is 0 Å². The second-order valence-electron chi connectivity index (χ2n) is 4.93. The molecule has 0 aliphatic carbocycles. The van der Waals surface area contributed by atoms with Gasteiger partial charge in [-0.1, -0.05) is 36.0 Å². The van der Waals surface area contributed by atoms with E-state index in [1.165, 1.54) is 9.80 Å². The zero-order valence-electron chi connectivity index (χ0n) is 12.2. The Balaban J connectivity index is 2.10. The molecule has 1 aromatic rings. The topological polar surface area (TPSA) is 29.5 Å². The highest BCUT2D eigenvalue weighted by Gasteiger charge is 2.32. The lowest BCUT2D eigenvalue weighted by Gasteiger charge is -2.35. The summed E-state index contributed by atoms with van der Waals surface area (Å²) in [5.41, 5.74) is 0. The van der Waals surface area contributed by atoms with Crippen molar-refractivity contribution in [1.29, 1.82) is 0 Å². The van der Waals surface area contributed by atoms with Gasteiger partial charge in [-0.2, -0.15) is 0 Å². The number of likely N-dealkylation sites (N-methyl/N-ethyl adjacent to an activating group) is 1. The summed E-state index contributed by atoms with van der Waals surface area (Å²) in [6, 6.07) is 10.3. The van der Waals surface area contributed by atoms with Crippen molar-refractivity contribution >= 4 is 17.7 Å². The van der Waals surface area contributed by atoms with Gasteiger partial charge < -0.3 is 4.74 Å². The molecule has 1 aliphatic rings. The molecule has 0 amide bonds. The maximum Gasteiger partial charge on any atom is 0.323 e. The van der Waals surface area contributed by atoms with Gasteiger partial charge in [0.05, 0.1) is 6.61 Å². The Morgan fingerprint density at radius 1 is 1.40 bits per heavy atom. The maximum atomic E-state index is 12.1. The number of esters is 1. The lowest BCUT2D eigenvalue weighted by atomic mass is 10.0. The first-order valence-electron chi connectivity index (χ1n) is 6.94. The molecule has 1 aromatic carbocycles. The molecule has 0 radical (unpaired) electrons. The largest absolute Gasteiger partial charge is 0.465 e. The monoisotopic (exact) mass is 291 g/mol. The van der Waals surface area contributed by atoms with Crippen LogP contribution < -0.4 is 0 Å². The van der Waals surface area contributed by atoms with Gasteiger partial charge in [0.15, 0.2) is 0 Å². The summed E-state index contributed by atoms with van der Waals surface area (Å²) in [6.07, 6.45) is 2.95. The Morgan fingerprint density at radius 2 is 2.10 bits per heavy atom. The minimum Gasteiger partial charge on any atom is -0.465 e. The summed E-state index contributed by atoms with van der Waals surface area (Å²) < 4.78 is 5.18. The van der Waals surface area contributed by atoms with Crippen molar-refractivity contribution in [3.8, 4) is 0 Å². The zero-order valence-corrected chi connectivity index (χ0v) is 13.0. The molecule has 0 fully saturated rings. The lowest BCUT2D eigenvalue weighted by molar-refractivity contribution is -0.149. The van der Waals surface area contributed by atoms with Crippen molar-refractivity contribution in [2.24, 2.45) is 0 Å². The highest BCUT2D eigenvalue weighted by molar-refractivity contribution is 8.03. The van der Waals surface area contributed by atoms with E-state index in [2.05, 4.69) is 30.0 Å². The number of carbonyl (C=O) groups excluding carboxylic acids is 1. The highest BCUT2D eigenvalue weighted by Crippen LogP contribution is 2.34. The summed E-state index contributed by atoms with van der Waals surface area (Å²) in [6.45, 7) is 4.39. The molecule has 0 unspecified atom stereocenters. The molecule has 0 spiro atoms. The Morgan fingerprint density at radius 3 is 2.75 bits per heavy atom. The van der Waals surface area contributed by atoms with Crippen molar-refractivity contribution in [3.63, 3.8) is 0 Å². The summed E-state index contributed by atoms with van der Waals surface area (Å²) in [5, 5.41) is 0. The van der Waals surface area contributed by atoms with Crippen molar-refractivity contribution < 1.29 is 9.53 Å². The van der Waals surface area contributed by atoms with Gasteiger partial charge in [0.2, 0.25) is 0 Å². The third-order valence-electron chi connectivity index (χ3n) is 3.51. The van der Waals surface area contributed by atoms with Crippen LogP contribution in [0.15, 0.2) is 46.2 Å². The number of carbonyl (C=O) groups is 1. The van der Waals surface area contributed by atoms with Crippen LogP contribution in [0.3, 0.4) is 0 Å². The fourth-order valence-electron chi connectivity index (χ4n) is 2.28. The average Bonchev–Trinajstić information content (AvgIpc) is 2.44. The molecule has 1 heterocycles. The summed E-state index contributed by atoms with van der Waals surface area (Å²) in [7, 11) is 1.98. The third kappa shape index (κ3) is 3.64. The lowest BCUT2D eigenvalue weighted by Crippen LogP contribution is -2.46. The van der Waals surface area contributed by atoms with E-state index in [0.29, 0.717) is 6.61 Å². The van der Waals surface area contributed by atoms with E-state index in [1.807, 2.05) is 32.2 Å². The van der Waals surface area contributed by atoms with Gasteiger partial charge in [-0.25, -0.2) is 0 Å². The predicted octanol–water partition coefficient (Wildman–Crippen LogP) is 3.32. The highest BCUT2D eigenvalue weighted by atomic mass is 32.2. The van der Waals surface area contributed by atoms with Gasteiger partial charge in [-0.3, -0.25) is 9.69 Å². The molecule has 0 aromatic heterocycles. The fourth-order valence-corrected chi connectivity index (χ4v) is 3.38. The number of benzene rings is 1. The molecular formula is C16H21NO2S. The molecule has 108 valence electrons. The Kier molecular flexibility index (Phi) is 5.26. The number of thioether (sulfide) groups is 1. The third-order valence-corrected chi connectivity index (χ3v) is 4.58. The molecule has 0 saturated heterocycles. The quantitative estimate of drug-likeness (QED) is 0.796. The number of ether oxygens (including phenoxy) is 1. The van der Waals surface area contributed by atoms with Crippen LogP contribution >= 0.6 is 11.8 Å². The van der Waals surface area contributed by atoms with Crippen molar-refractivity contribution in [1.82, 2.24) is 4.90 Å². The fraction of sp³-hybridized carbons (Fsp3) is 0.438. The van der Waals surface area contributed by atoms with E-state index in [0.717, 1.165) is 6.42 Å². The van der Waals surface area contributed by atoms with E-state index in [1.54, 1.807) is 11.8 Å². The summed E-state index contributed by atoms with van der Waals surface area (Å²) >= 11 is 1.74. The van der Waals surface area contributed by atoms with Crippen LogP contribution in [0.4, 0.5) is 0 Å². The SMILES string of the molecule is CCOC(=O)[C@H]1CC(Sc2ccccc2)=C[C@H](C)N1C. The normalized spacial score (nSPS) is 23.2. The molecule has 0 saturated carbocycles. The van der Waals surface area contributed by atoms with Crippen LogP contribution in [0.5, 0.6) is 0 Å². The second-order valence-corrected chi connectivity index (χ2v) is 6.13. The Bertz CT molecular complexity index is 487. The molecule has 3 nitrogen and oxygen atoms in total. The predicted molar refractivity (Wildman–Crippen MR) is 82.6 cm³/mol. The van der Waals surface area contributed by atoms with Crippen molar-refractivity contribution in [3.05, 3.63) is 41.3 Å². The van der Waals surface area contributed by atoms with Gasteiger partial charge in [0.25, 0.3) is 0 Å². The van der Waals surface area contributed by atoms with Crippen LogP contribution in [0.1, 0.15) is 20.3 Å². The smallest absolute Gasteiger partial charge is 0.323 e. The standard InChI is InChI=1S/C16H21NO2S/c1-4-19-16(18)15-11-14(10-12(2)17(15)3)20-13-8-6-5-7-9-13/h5-10,12,15H,4,11H2,1-3H3/t12-,15+/m0/s1. The van der Waals surface area contributed by atoms with Gasteiger partial charge in [-0.15, -0.1) is 0 Å². The first-order chi connectivity index (χ1) is 9.61. The first-order valence-corrected chi connectivity index (χ1v) is 7.75.